The van der Waals surface area contributed by atoms with Crippen LogP contribution < -0.4 is 5.32 Å². The molecule has 0 spiro atoms. The highest BCUT2D eigenvalue weighted by Crippen LogP contribution is 2.04. The van der Waals surface area contributed by atoms with Crippen molar-refractivity contribution in [1.82, 2.24) is 10.2 Å². The van der Waals surface area contributed by atoms with Gasteiger partial charge in [0.25, 0.3) is 5.91 Å². The normalized spacial score (nSPS) is 11.1. The molecule has 6 heteroatoms. The minimum absolute atomic E-state index is 0.0768. The number of likely N-dealkylation sites (N-methyl/N-ethyl adjacent to an activating group) is 1. The summed E-state index contributed by atoms with van der Waals surface area (Å²) < 4.78 is 4.76. The smallest absolute Gasteiger partial charge is 0.254 e. The van der Waals surface area contributed by atoms with Crippen LogP contribution in [0, 0.1) is 0 Å². The van der Waals surface area contributed by atoms with Crippen molar-refractivity contribution in [3.05, 3.63) is 0 Å². The van der Waals surface area contributed by atoms with E-state index >= 15 is 0 Å². The van der Waals surface area contributed by atoms with Crippen LogP contribution in [0.25, 0.3) is 0 Å². The Morgan fingerprint density at radius 1 is 1.44 bits per heavy atom. The summed E-state index contributed by atoms with van der Waals surface area (Å²) in [5, 5.41) is 12.0. The Morgan fingerprint density at radius 3 is 2.44 bits per heavy atom. The number of methoxy groups -OCH3 is 1. The molecule has 0 aliphatic heterocycles. The maximum Gasteiger partial charge on any atom is 0.254 e. The molecule has 0 aromatic heterocycles. The van der Waals surface area contributed by atoms with E-state index in [0.717, 1.165) is 0 Å². The molecule has 0 unspecified atom stereocenters. The fraction of sp³-hybridized carbons (Fsp3) is 0.800. The minimum atomic E-state index is -1.46. The third kappa shape index (κ3) is 5.67. The summed E-state index contributed by atoms with van der Waals surface area (Å²) in [6.45, 7) is 3.52. The van der Waals surface area contributed by atoms with Crippen molar-refractivity contribution >= 4 is 11.8 Å². The zero-order valence-electron chi connectivity index (χ0n) is 10.2. The number of carbonyl (C=O) groups is 2. The molecule has 94 valence electrons. The predicted octanol–water partition coefficient (Wildman–Crippen LogP) is -1.02. The lowest BCUT2D eigenvalue weighted by atomic mass is 10.1. The van der Waals surface area contributed by atoms with Crippen molar-refractivity contribution in [2.24, 2.45) is 0 Å². The second-order valence-corrected chi connectivity index (χ2v) is 4.06. The Balaban J connectivity index is 4.00. The Bertz CT molecular complexity index is 248. The number of hydrogen-bond donors (Lipinski definition) is 2. The lowest BCUT2D eigenvalue weighted by Gasteiger charge is -2.24. The van der Waals surface area contributed by atoms with Gasteiger partial charge in [0.2, 0.25) is 5.91 Å². The van der Waals surface area contributed by atoms with Crippen LogP contribution in [-0.2, 0) is 14.3 Å². The first-order chi connectivity index (χ1) is 7.29. The van der Waals surface area contributed by atoms with E-state index in [1.807, 2.05) is 0 Å². The third-order valence-corrected chi connectivity index (χ3v) is 1.88. The fourth-order valence-electron chi connectivity index (χ4n) is 1.10. The molecule has 0 fully saturated rings. The first-order valence-corrected chi connectivity index (χ1v) is 5.02. The molecule has 0 radical (unpaired) electrons. The average Bonchev–Trinajstić information content (AvgIpc) is 2.15. The molecule has 16 heavy (non-hydrogen) atoms. The zero-order valence-corrected chi connectivity index (χ0v) is 10.2. The Hall–Kier alpha value is -1.14. The summed E-state index contributed by atoms with van der Waals surface area (Å²) in [7, 11) is 3.01. The molecule has 6 nitrogen and oxygen atoms in total. The number of ether oxygens (including phenoxy) is 1. The molecule has 2 amide bonds. The molecule has 0 bridgehead atoms. The highest BCUT2D eigenvalue weighted by atomic mass is 16.5. The van der Waals surface area contributed by atoms with Gasteiger partial charge in [0, 0.05) is 20.7 Å². The molecule has 0 aliphatic rings. The van der Waals surface area contributed by atoms with E-state index < -0.39 is 11.5 Å². The van der Waals surface area contributed by atoms with E-state index in [9.17, 15) is 14.7 Å². The second kappa shape index (κ2) is 6.44. The third-order valence-electron chi connectivity index (χ3n) is 1.88. The molecule has 0 heterocycles. The monoisotopic (exact) mass is 232 g/mol. The van der Waals surface area contributed by atoms with Gasteiger partial charge in [0.05, 0.1) is 13.2 Å². The summed E-state index contributed by atoms with van der Waals surface area (Å²) in [6.07, 6.45) is 0. The first kappa shape index (κ1) is 14.9. The Morgan fingerprint density at radius 2 is 2.00 bits per heavy atom. The maximum absolute atomic E-state index is 11.5. The van der Waals surface area contributed by atoms with Gasteiger partial charge < -0.3 is 20.1 Å². The molecule has 0 aromatic rings. The van der Waals surface area contributed by atoms with Crippen LogP contribution in [0.4, 0.5) is 0 Å². The van der Waals surface area contributed by atoms with Gasteiger partial charge in [-0.2, -0.15) is 0 Å². The largest absolute Gasteiger partial charge is 0.383 e. The van der Waals surface area contributed by atoms with Gasteiger partial charge in [0.15, 0.2) is 0 Å². The predicted molar refractivity (Wildman–Crippen MR) is 58.8 cm³/mol. The number of carbonyl (C=O) groups excluding carboxylic acids is 2. The highest BCUT2D eigenvalue weighted by Gasteiger charge is 2.28. The van der Waals surface area contributed by atoms with Crippen LogP contribution in [0.2, 0.25) is 0 Å². The lowest BCUT2D eigenvalue weighted by molar-refractivity contribution is -0.148. The van der Waals surface area contributed by atoms with Crippen LogP contribution >= 0.6 is 0 Å². The van der Waals surface area contributed by atoms with Crippen molar-refractivity contribution in [3.8, 4) is 0 Å². The fourth-order valence-corrected chi connectivity index (χ4v) is 1.10. The van der Waals surface area contributed by atoms with Crippen LogP contribution in [0.1, 0.15) is 13.8 Å². The summed E-state index contributed by atoms with van der Waals surface area (Å²) >= 11 is 0. The van der Waals surface area contributed by atoms with E-state index in [0.29, 0.717) is 13.2 Å². The zero-order chi connectivity index (χ0) is 12.8. The van der Waals surface area contributed by atoms with Gasteiger partial charge in [-0.1, -0.05) is 0 Å². The van der Waals surface area contributed by atoms with Crippen molar-refractivity contribution < 1.29 is 19.4 Å². The van der Waals surface area contributed by atoms with Crippen LogP contribution in [0.15, 0.2) is 0 Å². The summed E-state index contributed by atoms with van der Waals surface area (Å²) in [5.74, 6) is -0.772. The molecule has 0 saturated carbocycles. The second-order valence-electron chi connectivity index (χ2n) is 4.06. The summed E-state index contributed by atoms with van der Waals surface area (Å²) in [5.41, 5.74) is -1.46. The number of nitrogens with one attached hydrogen (secondary N) is 1. The van der Waals surface area contributed by atoms with Gasteiger partial charge in [0.1, 0.15) is 5.60 Å². The van der Waals surface area contributed by atoms with Gasteiger partial charge in [-0.3, -0.25) is 9.59 Å². The number of rotatable bonds is 6. The SMILES string of the molecule is COCCNC(=O)CN(C)C(=O)C(C)(C)O. The van der Waals surface area contributed by atoms with Gasteiger partial charge in [-0.05, 0) is 13.8 Å². The molecule has 0 atom stereocenters. The first-order valence-electron chi connectivity index (χ1n) is 5.02. The standard InChI is InChI=1S/C10H20N2O4/c1-10(2,15)9(14)12(3)7-8(13)11-5-6-16-4/h15H,5-7H2,1-4H3,(H,11,13). The van der Waals surface area contributed by atoms with E-state index in [1.54, 1.807) is 0 Å². The molecular formula is C10H20N2O4. The molecule has 0 saturated heterocycles. The van der Waals surface area contributed by atoms with Gasteiger partial charge in [-0.15, -0.1) is 0 Å². The quantitative estimate of drug-likeness (QED) is 0.574. The van der Waals surface area contributed by atoms with Crippen molar-refractivity contribution in [2.45, 2.75) is 19.4 Å². The van der Waals surface area contributed by atoms with Crippen LogP contribution in [-0.4, -0.2) is 61.3 Å². The Kier molecular flexibility index (Phi) is 5.98. The average molecular weight is 232 g/mol. The number of aliphatic hydroxyl groups is 1. The van der Waals surface area contributed by atoms with Crippen LogP contribution in [0.3, 0.4) is 0 Å². The number of hydrogen-bond acceptors (Lipinski definition) is 4. The maximum atomic E-state index is 11.5. The van der Waals surface area contributed by atoms with E-state index in [4.69, 9.17) is 4.74 Å². The number of amides is 2. The van der Waals surface area contributed by atoms with Gasteiger partial charge in [-0.25, -0.2) is 0 Å². The minimum Gasteiger partial charge on any atom is -0.383 e. The van der Waals surface area contributed by atoms with Crippen molar-refractivity contribution in [3.63, 3.8) is 0 Å². The molecule has 0 aromatic carbocycles. The number of nitrogens with zero attached hydrogens (tertiary/aromatic N) is 1. The molecule has 0 rings (SSSR count). The van der Waals surface area contributed by atoms with Crippen molar-refractivity contribution in [2.75, 3.05) is 33.9 Å². The van der Waals surface area contributed by atoms with E-state index in [1.165, 1.54) is 32.9 Å². The highest BCUT2D eigenvalue weighted by molar-refractivity contribution is 5.88. The summed E-state index contributed by atoms with van der Waals surface area (Å²) in [4.78, 5) is 24.0. The lowest BCUT2D eigenvalue weighted by Crippen LogP contribution is -2.47. The molecule has 2 N–H and O–H groups in total. The van der Waals surface area contributed by atoms with E-state index in [2.05, 4.69) is 5.32 Å². The molecular weight excluding hydrogens is 212 g/mol. The van der Waals surface area contributed by atoms with E-state index in [-0.39, 0.29) is 12.5 Å². The van der Waals surface area contributed by atoms with Gasteiger partial charge >= 0.3 is 0 Å². The summed E-state index contributed by atoms with van der Waals surface area (Å²) in [6, 6.07) is 0. The topological polar surface area (TPSA) is 78.9 Å². The van der Waals surface area contributed by atoms with Crippen LogP contribution in [0.5, 0.6) is 0 Å². The molecule has 0 aliphatic carbocycles. The Labute approximate surface area is 95.6 Å². The van der Waals surface area contributed by atoms with Crippen molar-refractivity contribution in [1.29, 1.82) is 0 Å².